The van der Waals surface area contributed by atoms with Gasteiger partial charge in [-0.05, 0) is 24.7 Å². The first-order valence-corrected chi connectivity index (χ1v) is 5.43. The molecule has 14 heavy (non-hydrogen) atoms. The molecule has 0 aliphatic rings. The molecule has 0 bridgehead atoms. The molecule has 3 N–H and O–H groups in total. The molecule has 0 heterocycles. The van der Waals surface area contributed by atoms with Crippen LogP contribution in [0, 0.1) is 11.8 Å². The summed E-state index contributed by atoms with van der Waals surface area (Å²) in [5.74, 6) is 1.03. The molecule has 0 radical (unpaired) electrons. The van der Waals surface area contributed by atoms with Gasteiger partial charge in [-0.15, -0.1) is 0 Å². The normalized spacial score (nSPS) is 11.6. The summed E-state index contributed by atoms with van der Waals surface area (Å²) in [7, 11) is 0. The molecule has 0 spiro atoms. The lowest BCUT2D eigenvalue weighted by Gasteiger charge is -2.21. The Morgan fingerprint density at radius 3 is 1.86 bits per heavy atom. The van der Waals surface area contributed by atoms with Crippen molar-refractivity contribution in [3.8, 4) is 0 Å². The van der Waals surface area contributed by atoms with Crippen molar-refractivity contribution in [1.29, 1.82) is 0 Å². The molecule has 0 fully saturated rings. The molecule has 0 saturated heterocycles. The Morgan fingerprint density at radius 1 is 1.14 bits per heavy atom. The van der Waals surface area contributed by atoms with Crippen LogP contribution in [0.25, 0.3) is 0 Å². The molecular formula is C11H24N2O. The van der Waals surface area contributed by atoms with Crippen LogP contribution < -0.4 is 11.1 Å². The number of hydrogen-bond acceptors (Lipinski definition) is 2. The zero-order valence-electron chi connectivity index (χ0n) is 9.84. The van der Waals surface area contributed by atoms with Gasteiger partial charge in [0.15, 0.2) is 0 Å². The molecule has 0 rings (SSSR count). The number of hydrogen-bond donors (Lipinski definition) is 2. The van der Waals surface area contributed by atoms with E-state index in [-0.39, 0.29) is 5.91 Å². The van der Waals surface area contributed by atoms with Crippen molar-refractivity contribution >= 4 is 5.91 Å². The highest BCUT2D eigenvalue weighted by molar-refractivity contribution is 5.75. The van der Waals surface area contributed by atoms with Crippen molar-refractivity contribution in [2.75, 3.05) is 6.54 Å². The third kappa shape index (κ3) is 8.05. The fourth-order valence-electron chi connectivity index (χ4n) is 1.65. The van der Waals surface area contributed by atoms with Gasteiger partial charge in [-0.1, -0.05) is 27.7 Å². The number of nitrogens with one attached hydrogen (secondary N) is 1. The van der Waals surface area contributed by atoms with Crippen LogP contribution in [0.3, 0.4) is 0 Å². The van der Waals surface area contributed by atoms with E-state index in [0.29, 0.717) is 24.4 Å². The average Bonchev–Trinajstić information content (AvgIpc) is 1.97. The van der Waals surface area contributed by atoms with E-state index in [0.717, 1.165) is 12.8 Å². The van der Waals surface area contributed by atoms with Gasteiger partial charge >= 0.3 is 0 Å². The first-order valence-electron chi connectivity index (χ1n) is 5.43. The molecule has 0 aromatic rings. The largest absolute Gasteiger partial charge is 0.369 e. The lowest BCUT2D eigenvalue weighted by Crippen LogP contribution is -2.38. The molecule has 84 valence electrons. The Kier molecular flexibility index (Phi) is 6.54. The quantitative estimate of drug-likeness (QED) is 0.654. The average molecular weight is 200 g/mol. The third-order valence-corrected chi connectivity index (χ3v) is 2.08. The highest BCUT2D eigenvalue weighted by atomic mass is 16.1. The van der Waals surface area contributed by atoms with Crippen LogP contribution >= 0.6 is 0 Å². The maximum absolute atomic E-state index is 10.6. The van der Waals surface area contributed by atoms with Crippen LogP contribution in [-0.2, 0) is 4.79 Å². The van der Waals surface area contributed by atoms with Crippen molar-refractivity contribution < 1.29 is 4.79 Å². The summed E-state index contributed by atoms with van der Waals surface area (Å²) in [5.41, 5.74) is 5.10. The van der Waals surface area contributed by atoms with Gasteiger partial charge in [0.25, 0.3) is 0 Å². The lowest BCUT2D eigenvalue weighted by molar-refractivity contribution is -0.117. The first-order chi connectivity index (χ1) is 6.41. The van der Waals surface area contributed by atoms with Gasteiger partial charge in [0.2, 0.25) is 5.91 Å². The fourth-order valence-corrected chi connectivity index (χ4v) is 1.65. The smallest absolute Gasteiger partial charge is 0.231 e. The Morgan fingerprint density at radius 2 is 1.57 bits per heavy atom. The Bertz CT molecular complexity index is 157. The number of rotatable bonds is 7. The van der Waals surface area contributed by atoms with Gasteiger partial charge in [0, 0.05) is 6.04 Å². The number of carbonyl (C=O) groups is 1. The first kappa shape index (κ1) is 13.4. The Balaban J connectivity index is 3.90. The van der Waals surface area contributed by atoms with Crippen molar-refractivity contribution in [2.45, 2.75) is 46.6 Å². The molecule has 0 aliphatic heterocycles. The third-order valence-electron chi connectivity index (χ3n) is 2.08. The molecule has 0 unspecified atom stereocenters. The molecule has 0 atom stereocenters. The number of nitrogens with two attached hydrogens (primary N) is 1. The second-order valence-electron chi connectivity index (χ2n) is 4.80. The summed E-state index contributed by atoms with van der Waals surface area (Å²) in [4.78, 5) is 10.6. The van der Waals surface area contributed by atoms with Crippen molar-refractivity contribution in [1.82, 2.24) is 5.32 Å². The van der Waals surface area contributed by atoms with E-state index in [1.807, 2.05) is 0 Å². The highest BCUT2D eigenvalue weighted by Crippen LogP contribution is 2.12. The van der Waals surface area contributed by atoms with Crippen LogP contribution in [0.1, 0.15) is 40.5 Å². The van der Waals surface area contributed by atoms with E-state index in [2.05, 4.69) is 33.0 Å². The monoisotopic (exact) mass is 200 g/mol. The maximum atomic E-state index is 10.6. The summed E-state index contributed by atoms with van der Waals surface area (Å²) in [6, 6.07) is 0.419. The molecule has 0 aromatic heterocycles. The van der Waals surface area contributed by atoms with E-state index in [1.165, 1.54) is 0 Å². The van der Waals surface area contributed by atoms with Gasteiger partial charge in [0.1, 0.15) is 0 Å². The maximum Gasteiger partial charge on any atom is 0.231 e. The van der Waals surface area contributed by atoms with Crippen LogP contribution in [0.5, 0.6) is 0 Å². The Hall–Kier alpha value is -0.570. The lowest BCUT2D eigenvalue weighted by atomic mass is 9.96. The SMILES string of the molecule is CC(C)CC(CC(C)C)NCC(N)=O. The van der Waals surface area contributed by atoms with Gasteiger partial charge < -0.3 is 11.1 Å². The zero-order chi connectivity index (χ0) is 11.1. The molecule has 0 saturated carbocycles. The minimum absolute atomic E-state index is 0.275. The topological polar surface area (TPSA) is 55.1 Å². The van der Waals surface area contributed by atoms with E-state index in [4.69, 9.17) is 5.73 Å². The minimum atomic E-state index is -0.275. The van der Waals surface area contributed by atoms with E-state index < -0.39 is 0 Å². The van der Waals surface area contributed by atoms with Crippen LogP contribution in [0.2, 0.25) is 0 Å². The molecule has 0 aromatic carbocycles. The highest BCUT2D eigenvalue weighted by Gasteiger charge is 2.12. The van der Waals surface area contributed by atoms with Gasteiger partial charge in [-0.2, -0.15) is 0 Å². The number of primary amides is 1. The Labute approximate surface area is 87.4 Å². The van der Waals surface area contributed by atoms with Gasteiger partial charge in [0.05, 0.1) is 6.54 Å². The summed E-state index contributed by atoms with van der Waals surface area (Å²) in [6.07, 6.45) is 2.21. The zero-order valence-corrected chi connectivity index (χ0v) is 9.84. The molecule has 1 amide bonds. The van der Waals surface area contributed by atoms with E-state index >= 15 is 0 Å². The molecule has 3 heteroatoms. The number of carbonyl (C=O) groups excluding carboxylic acids is 1. The van der Waals surface area contributed by atoms with Gasteiger partial charge in [-0.25, -0.2) is 0 Å². The van der Waals surface area contributed by atoms with E-state index in [9.17, 15) is 4.79 Å². The van der Waals surface area contributed by atoms with Crippen LogP contribution in [0.4, 0.5) is 0 Å². The summed E-state index contributed by atoms with van der Waals surface area (Å²) in [6.45, 7) is 9.07. The second kappa shape index (κ2) is 6.82. The molecule has 3 nitrogen and oxygen atoms in total. The fraction of sp³-hybridized carbons (Fsp3) is 0.909. The van der Waals surface area contributed by atoms with E-state index in [1.54, 1.807) is 0 Å². The van der Waals surface area contributed by atoms with Gasteiger partial charge in [-0.3, -0.25) is 4.79 Å². The molecular weight excluding hydrogens is 176 g/mol. The summed E-state index contributed by atoms with van der Waals surface area (Å²) in [5, 5.41) is 3.21. The van der Waals surface area contributed by atoms with Crippen LogP contribution in [-0.4, -0.2) is 18.5 Å². The predicted molar refractivity (Wildman–Crippen MR) is 59.9 cm³/mol. The van der Waals surface area contributed by atoms with Crippen molar-refractivity contribution in [2.24, 2.45) is 17.6 Å². The second-order valence-corrected chi connectivity index (χ2v) is 4.80. The predicted octanol–water partition coefficient (Wildman–Crippen LogP) is 1.52. The minimum Gasteiger partial charge on any atom is -0.369 e. The standard InChI is InChI=1S/C11H24N2O/c1-8(2)5-10(6-9(3)4)13-7-11(12)14/h8-10,13H,5-7H2,1-4H3,(H2,12,14). The van der Waals surface area contributed by atoms with Crippen molar-refractivity contribution in [3.63, 3.8) is 0 Å². The molecule has 0 aliphatic carbocycles. The number of amides is 1. The summed E-state index contributed by atoms with van der Waals surface area (Å²) < 4.78 is 0. The van der Waals surface area contributed by atoms with Crippen LogP contribution in [0.15, 0.2) is 0 Å². The summed E-state index contributed by atoms with van der Waals surface area (Å²) >= 11 is 0. The van der Waals surface area contributed by atoms with Crippen molar-refractivity contribution in [3.05, 3.63) is 0 Å².